The van der Waals surface area contributed by atoms with Gasteiger partial charge in [-0.15, -0.1) is 0 Å². The molecule has 0 saturated heterocycles. The summed E-state index contributed by atoms with van der Waals surface area (Å²) in [5, 5.41) is 11.7. The molecule has 0 aromatic heterocycles. The molecule has 1 aromatic rings. The molecule has 1 rings (SSSR count). The number of likely N-dealkylation sites (N-methyl/N-ethyl adjacent to an activating group) is 2. The van der Waals surface area contributed by atoms with Crippen LogP contribution in [0.3, 0.4) is 0 Å². The summed E-state index contributed by atoms with van der Waals surface area (Å²) in [5.74, 6) is -0.0734. The van der Waals surface area contributed by atoms with Crippen LogP contribution in [-0.2, 0) is 4.79 Å². The second kappa shape index (κ2) is 5.75. The van der Waals surface area contributed by atoms with Crippen LogP contribution in [0, 0.1) is 11.3 Å². The Morgan fingerprint density at radius 1 is 1.59 bits per heavy atom. The number of hydrogen-bond acceptors (Lipinski definition) is 4. The van der Waals surface area contributed by atoms with Crippen molar-refractivity contribution in [1.29, 1.82) is 5.26 Å². The van der Waals surface area contributed by atoms with Crippen LogP contribution in [-0.4, -0.2) is 26.0 Å². The maximum Gasteiger partial charge on any atom is 0.239 e. The van der Waals surface area contributed by atoms with E-state index in [1.165, 1.54) is 0 Å². The van der Waals surface area contributed by atoms with E-state index in [-0.39, 0.29) is 12.5 Å². The van der Waals surface area contributed by atoms with E-state index in [2.05, 4.69) is 11.4 Å². The second-order valence-electron chi connectivity index (χ2n) is 3.70. The molecule has 1 amide bonds. The van der Waals surface area contributed by atoms with Crippen molar-refractivity contribution in [3.05, 3.63) is 23.8 Å². The average molecular weight is 232 g/mol. The van der Waals surface area contributed by atoms with Crippen LogP contribution >= 0.6 is 0 Å². The molecule has 17 heavy (non-hydrogen) atoms. The van der Waals surface area contributed by atoms with E-state index in [0.29, 0.717) is 23.5 Å². The fourth-order valence-electron chi connectivity index (χ4n) is 1.53. The Bertz CT molecular complexity index is 450. The van der Waals surface area contributed by atoms with Crippen molar-refractivity contribution in [2.24, 2.45) is 0 Å². The third-order valence-corrected chi connectivity index (χ3v) is 2.31. The third kappa shape index (κ3) is 3.38. The molecule has 5 nitrogen and oxygen atoms in total. The lowest BCUT2D eigenvalue weighted by Crippen LogP contribution is -2.35. The van der Waals surface area contributed by atoms with E-state index < -0.39 is 0 Å². The highest BCUT2D eigenvalue weighted by Crippen LogP contribution is 2.21. The summed E-state index contributed by atoms with van der Waals surface area (Å²) in [6.45, 7) is 2.67. The maximum atomic E-state index is 11.4. The van der Waals surface area contributed by atoms with Crippen LogP contribution in [0.25, 0.3) is 0 Å². The van der Waals surface area contributed by atoms with Gasteiger partial charge in [-0.25, -0.2) is 0 Å². The smallest absolute Gasteiger partial charge is 0.239 e. The number of anilines is 2. The maximum absolute atomic E-state index is 11.4. The molecule has 0 aliphatic rings. The van der Waals surface area contributed by atoms with E-state index in [1.54, 1.807) is 30.1 Å². The van der Waals surface area contributed by atoms with Crippen molar-refractivity contribution in [2.45, 2.75) is 6.92 Å². The summed E-state index contributed by atoms with van der Waals surface area (Å²) >= 11 is 0. The van der Waals surface area contributed by atoms with Crippen LogP contribution in [0.2, 0.25) is 0 Å². The highest BCUT2D eigenvalue weighted by molar-refractivity contribution is 5.82. The summed E-state index contributed by atoms with van der Waals surface area (Å²) in [5.41, 5.74) is 7.31. The summed E-state index contributed by atoms with van der Waals surface area (Å²) in [6, 6.07) is 7.13. The van der Waals surface area contributed by atoms with Crippen LogP contribution in [0.15, 0.2) is 18.2 Å². The summed E-state index contributed by atoms with van der Waals surface area (Å²) in [4.78, 5) is 13.2. The fraction of sp³-hybridized carbons (Fsp3) is 0.333. The van der Waals surface area contributed by atoms with E-state index in [9.17, 15) is 4.79 Å². The van der Waals surface area contributed by atoms with Gasteiger partial charge in [0.25, 0.3) is 0 Å². The Labute approximate surface area is 101 Å². The molecule has 0 atom stereocenters. The minimum atomic E-state index is -0.0734. The van der Waals surface area contributed by atoms with Gasteiger partial charge in [0, 0.05) is 19.3 Å². The number of hydrogen-bond donors (Lipinski definition) is 2. The molecular formula is C12H16N4O. The Hall–Kier alpha value is -2.22. The quantitative estimate of drug-likeness (QED) is 0.749. The minimum Gasteiger partial charge on any atom is -0.399 e. The van der Waals surface area contributed by atoms with Gasteiger partial charge in [0.15, 0.2) is 0 Å². The monoisotopic (exact) mass is 232 g/mol. The molecule has 0 radical (unpaired) electrons. The normalized spacial score (nSPS) is 9.47. The van der Waals surface area contributed by atoms with Crippen molar-refractivity contribution in [3.8, 4) is 6.07 Å². The van der Waals surface area contributed by atoms with Gasteiger partial charge in [0.2, 0.25) is 5.91 Å². The number of nitrogens with zero attached hydrogens (tertiary/aromatic N) is 2. The molecule has 0 aliphatic heterocycles. The first-order valence-electron chi connectivity index (χ1n) is 5.36. The second-order valence-corrected chi connectivity index (χ2v) is 3.70. The molecule has 3 N–H and O–H groups in total. The Morgan fingerprint density at radius 2 is 2.29 bits per heavy atom. The summed E-state index contributed by atoms with van der Waals surface area (Å²) in [6.07, 6.45) is 0. The predicted molar refractivity (Wildman–Crippen MR) is 67.5 cm³/mol. The Morgan fingerprint density at radius 3 is 2.88 bits per heavy atom. The van der Waals surface area contributed by atoms with Crippen LogP contribution in [0.4, 0.5) is 11.4 Å². The highest BCUT2D eigenvalue weighted by atomic mass is 16.1. The fourth-order valence-corrected chi connectivity index (χ4v) is 1.53. The van der Waals surface area contributed by atoms with E-state index in [1.807, 2.05) is 6.92 Å². The molecule has 0 spiro atoms. The highest BCUT2D eigenvalue weighted by Gasteiger charge is 2.10. The molecular weight excluding hydrogens is 216 g/mol. The summed E-state index contributed by atoms with van der Waals surface area (Å²) < 4.78 is 0. The van der Waals surface area contributed by atoms with E-state index in [4.69, 9.17) is 11.0 Å². The molecule has 90 valence electrons. The number of nitrogens with one attached hydrogen (secondary N) is 1. The number of amides is 1. The molecule has 0 fully saturated rings. The van der Waals surface area contributed by atoms with Crippen molar-refractivity contribution in [1.82, 2.24) is 5.32 Å². The Balaban J connectivity index is 2.86. The third-order valence-electron chi connectivity index (χ3n) is 2.31. The lowest BCUT2D eigenvalue weighted by atomic mass is 10.1. The standard InChI is InChI=1S/C12H16N4O/c1-3-15-12(17)8-16(2)11-5-4-10(14)6-9(11)7-13/h4-6H,3,8,14H2,1-2H3,(H,15,17). The van der Waals surface area contributed by atoms with Crippen molar-refractivity contribution in [2.75, 3.05) is 30.8 Å². The first-order chi connectivity index (χ1) is 8.08. The van der Waals surface area contributed by atoms with Gasteiger partial charge in [-0.2, -0.15) is 5.26 Å². The molecule has 5 heteroatoms. The van der Waals surface area contributed by atoms with Gasteiger partial charge in [-0.1, -0.05) is 0 Å². The lowest BCUT2D eigenvalue weighted by Gasteiger charge is -2.19. The van der Waals surface area contributed by atoms with Crippen LogP contribution < -0.4 is 16.0 Å². The van der Waals surface area contributed by atoms with Gasteiger partial charge in [0.1, 0.15) is 6.07 Å². The Kier molecular flexibility index (Phi) is 4.35. The van der Waals surface area contributed by atoms with Crippen LogP contribution in [0.5, 0.6) is 0 Å². The number of nitrogen functional groups attached to an aromatic ring is 1. The number of rotatable bonds is 4. The zero-order valence-corrected chi connectivity index (χ0v) is 10.0. The molecule has 0 unspecified atom stereocenters. The predicted octanol–water partition coefficient (Wildman–Crippen LogP) is 0.713. The SMILES string of the molecule is CCNC(=O)CN(C)c1ccc(N)cc1C#N. The molecule has 1 aromatic carbocycles. The number of carbonyl (C=O) groups excluding carboxylic acids is 1. The zero-order chi connectivity index (χ0) is 12.8. The lowest BCUT2D eigenvalue weighted by molar-refractivity contribution is -0.119. The number of nitrogens with two attached hydrogens (primary N) is 1. The molecule has 0 heterocycles. The average Bonchev–Trinajstić information content (AvgIpc) is 2.28. The zero-order valence-electron chi connectivity index (χ0n) is 10.0. The topological polar surface area (TPSA) is 82.2 Å². The first kappa shape index (κ1) is 12.8. The van der Waals surface area contributed by atoms with Crippen LogP contribution in [0.1, 0.15) is 12.5 Å². The van der Waals surface area contributed by atoms with Gasteiger partial charge in [-0.3, -0.25) is 4.79 Å². The van der Waals surface area contributed by atoms with E-state index in [0.717, 1.165) is 0 Å². The van der Waals surface area contributed by atoms with Crippen molar-refractivity contribution in [3.63, 3.8) is 0 Å². The van der Waals surface area contributed by atoms with Gasteiger partial charge < -0.3 is 16.0 Å². The van der Waals surface area contributed by atoms with Gasteiger partial charge >= 0.3 is 0 Å². The molecule has 0 saturated carbocycles. The van der Waals surface area contributed by atoms with Crippen molar-refractivity contribution >= 4 is 17.3 Å². The minimum absolute atomic E-state index is 0.0734. The van der Waals surface area contributed by atoms with Gasteiger partial charge in [-0.05, 0) is 25.1 Å². The van der Waals surface area contributed by atoms with Gasteiger partial charge in [0.05, 0.1) is 17.8 Å². The first-order valence-corrected chi connectivity index (χ1v) is 5.36. The largest absolute Gasteiger partial charge is 0.399 e. The number of benzene rings is 1. The number of nitriles is 1. The number of carbonyl (C=O) groups is 1. The van der Waals surface area contributed by atoms with Crippen molar-refractivity contribution < 1.29 is 4.79 Å². The van der Waals surface area contributed by atoms with E-state index >= 15 is 0 Å². The molecule has 0 bridgehead atoms. The molecule has 0 aliphatic carbocycles. The summed E-state index contributed by atoms with van der Waals surface area (Å²) in [7, 11) is 1.77.